The molecule has 0 spiro atoms. The molecule has 4 rings (SSSR count). The summed E-state index contributed by atoms with van der Waals surface area (Å²) in [5.41, 5.74) is 2.06. The number of hydrogen-bond donors (Lipinski definition) is 1. The number of halogens is 1. The molecule has 0 radical (unpaired) electrons. The Labute approximate surface area is 148 Å². The zero-order valence-electron chi connectivity index (χ0n) is 13.8. The van der Waals surface area contributed by atoms with Crippen molar-refractivity contribution in [3.63, 3.8) is 0 Å². The fraction of sp³-hybridized carbons (Fsp3) is 0.0476. The molecule has 0 aliphatic carbocycles. The van der Waals surface area contributed by atoms with Crippen LogP contribution in [0.3, 0.4) is 0 Å². The van der Waals surface area contributed by atoms with E-state index < -0.39 is 0 Å². The van der Waals surface area contributed by atoms with E-state index in [4.69, 9.17) is 4.74 Å². The lowest BCUT2D eigenvalue weighted by molar-refractivity contribution is 0.305. The van der Waals surface area contributed by atoms with Gasteiger partial charge in [0.05, 0.1) is 10.9 Å². The molecular formula is C21H15FN2O2. The average Bonchev–Trinajstić information content (AvgIpc) is 2.67. The van der Waals surface area contributed by atoms with E-state index in [9.17, 15) is 9.18 Å². The van der Waals surface area contributed by atoms with Crippen LogP contribution in [0.25, 0.3) is 22.3 Å². The van der Waals surface area contributed by atoms with Gasteiger partial charge in [0.15, 0.2) is 0 Å². The Bertz CT molecular complexity index is 1140. The Hall–Kier alpha value is -3.47. The number of rotatable bonds is 4. The molecule has 5 heteroatoms. The normalized spacial score (nSPS) is 10.8. The maximum atomic E-state index is 13.3. The fourth-order valence-electron chi connectivity index (χ4n) is 2.81. The summed E-state index contributed by atoms with van der Waals surface area (Å²) in [6.07, 6.45) is 0. The SMILES string of the molecule is O=c1[nH]c(-c2ccccc2COc2cccc(F)c2)nc2ccccc12. The molecule has 0 atom stereocenters. The minimum absolute atomic E-state index is 0.188. The number of fused-ring (bicyclic) bond motifs is 1. The van der Waals surface area contributed by atoms with Crippen molar-refractivity contribution in [1.29, 1.82) is 0 Å². The van der Waals surface area contributed by atoms with Gasteiger partial charge in [-0.1, -0.05) is 42.5 Å². The predicted octanol–water partition coefficient (Wildman–Crippen LogP) is 4.31. The van der Waals surface area contributed by atoms with E-state index in [1.54, 1.807) is 30.3 Å². The number of aromatic nitrogens is 2. The Morgan fingerprint density at radius 2 is 1.77 bits per heavy atom. The largest absolute Gasteiger partial charge is 0.489 e. The summed E-state index contributed by atoms with van der Waals surface area (Å²) >= 11 is 0. The number of para-hydroxylation sites is 1. The Morgan fingerprint density at radius 3 is 2.65 bits per heavy atom. The smallest absolute Gasteiger partial charge is 0.259 e. The van der Waals surface area contributed by atoms with Gasteiger partial charge < -0.3 is 9.72 Å². The summed E-state index contributed by atoms with van der Waals surface area (Å²) < 4.78 is 19.0. The van der Waals surface area contributed by atoms with Gasteiger partial charge in [-0.2, -0.15) is 0 Å². The number of hydrogen-bond acceptors (Lipinski definition) is 3. The predicted molar refractivity (Wildman–Crippen MR) is 98.5 cm³/mol. The van der Waals surface area contributed by atoms with E-state index in [0.717, 1.165) is 11.1 Å². The number of benzene rings is 3. The first kappa shape index (κ1) is 16.0. The standard InChI is InChI=1S/C21H15FN2O2/c22-15-7-5-8-16(12-15)26-13-14-6-1-2-9-17(14)20-23-19-11-4-3-10-18(19)21(25)24-20/h1-12H,13H2,(H,23,24,25). The quantitative estimate of drug-likeness (QED) is 0.599. The molecule has 4 aromatic rings. The second kappa shape index (κ2) is 6.80. The second-order valence-electron chi connectivity index (χ2n) is 5.83. The van der Waals surface area contributed by atoms with Crippen LogP contribution in [0.5, 0.6) is 5.75 Å². The molecule has 128 valence electrons. The van der Waals surface area contributed by atoms with Crippen molar-refractivity contribution in [3.05, 3.63) is 94.5 Å². The first-order valence-corrected chi connectivity index (χ1v) is 8.16. The van der Waals surface area contributed by atoms with E-state index in [0.29, 0.717) is 22.5 Å². The van der Waals surface area contributed by atoms with Gasteiger partial charge in [0, 0.05) is 17.2 Å². The summed E-state index contributed by atoms with van der Waals surface area (Å²) in [4.78, 5) is 19.7. The molecule has 3 aromatic carbocycles. The molecule has 1 N–H and O–H groups in total. The number of aromatic amines is 1. The lowest BCUT2D eigenvalue weighted by Gasteiger charge is -2.11. The van der Waals surface area contributed by atoms with Crippen LogP contribution in [0, 0.1) is 5.82 Å². The zero-order chi connectivity index (χ0) is 17.9. The van der Waals surface area contributed by atoms with Crippen LogP contribution in [-0.2, 0) is 6.61 Å². The Balaban J connectivity index is 1.71. The van der Waals surface area contributed by atoms with Crippen molar-refractivity contribution in [2.24, 2.45) is 0 Å². The third-order valence-corrected chi connectivity index (χ3v) is 4.08. The molecule has 0 bridgehead atoms. The van der Waals surface area contributed by atoms with E-state index in [-0.39, 0.29) is 18.0 Å². The summed E-state index contributed by atoms with van der Waals surface area (Å²) in [7, 11) is 0. The maximum absolute atomic E-state index is 13.3. The molecule has 1 heterocycles. The van der Waals surface area contributed by atoms with Gasteiger partial charge in [-0.05, 0) is 24.3 Å². The highest BCUT2D eigenvalue weighted by molar-refractivity contribution is 5.79. The van der Waals surface area contributed by atoms with Crippen molar-refractivity contribution in [2.75, 3.05) is 0 Å². The van der Waals surface area contributed by atoms with Crippen LogP contribution < -0.4 is 10.3 Å². The third-order valence-electron chi connectivity index (χ3n) is 4.08. The van der Waals surface area contributed by atoms with Crippen molar-refractivity contribution >= 4 is 10.9 Å². The van der Waals surface area contributed by atoms with Crippen LogP contribution in [-0.4, -0.2) is 9.97 Å². The molecule has 0 aliphatic heterocycles. The molecule has 26 heavy (non-hydrogen) atoms. The maximum Gasteiger partial charge on any atom is 0.259 e. The summed E-state index contributed by atoms with van der Waals surface area (Å²) in [6.45, 7) is 0.232. The van der Waals surface area contributed by atoms with Crippen molar-refractivity contribution in [3.8, 4) is 17.1 Å². The monoisotopic (exact) mass is 346 g/mol. The molecule has 4 nitrogen and oxygen atoms in total. The van der Waals surface area contributed by atoms with E-state index in [1.807, 2.05) is 30.3 Å². The van der Waals surface area contributed by atoms with Gasteiger partial charge in [-0.3, -0.25) is 4.79 Å². The van der Waals surface area contributed by atoms with Crippen LogP contribution in [0.1, 0.15) is 5.56 Å². The highest BCUT2D eigenvalue weighted by Gasteiger charge is 2.10. The topological polar surface area (TPSA) is 55.0 Å². The molecule has 0 unspecified atom stereocenters. The summed E-state index contributed by atoms with van der Waals surface area (Å²) in [5, 5.41) is 0.546. The Morgan fingerprint density at radius 1 is 0.962 bits per heavy atom. The first-order chi connectivity index (χ1) is 12.7. The molecule has 0 saturated heterocycles. The first-order valence-electron chi connectivity index (χ1n) is 8.16. The van der Waals surface area contributed by atoms with Gasteiger partial charge in [0.25, 0.3) is 5.56 Å². The molecule has 0 aliphatic rings. The lowest BCUT2D eigenvalue weighted by atomic mass is 10.1. The number of nitrogens with zero attached hydrogens (tertiary/aromatic N) is 1. The molecular weight excluding hydrogens is 331 g/mol. The average molecular weight is 346 g/mol. The van der Waals surface area contributed by atoms with Gasteiger partial charge in [-0.15, -0.1) is 0 Å². The van der Waals surface area contributed by atoms with E-state index in [2.05, 4.69) is 9.97 Å². The van der Waals surface area contributed by atoms with Crippen LogP contribution >= 0.6 is 0 Å². The van der Waals surface area contributed by atoms with Crippen molar-refractivity contribution in [1.82, 2.24) is 9.97 Å². The minimum atomic E-state index is -0.351. The minimum Gasteiger partial charge on any atom is -0.489 e. The van der Waals surface area contributed by atoms with E-state index in [1.165, 1.54) is 12.1 Å². The van der Waals surface area contributed by atoms with Crippen LogP contribution in [0.4, 0.5) is 4.39 Å². The molecule has 0 saturated carbocycles. The molecule has 0 amide bonds. The van der Waals surface area contributed by atoms with Crippen molar-refractivity contribution in [2.45, 2.75) is 6.61 Å². The summed E-state index contributed by atoms with van der Waals surface area (Å²) in [6, 6.07) is 20.7. The Kier molecular flexibility index (Phi) is 4.19. The number of H-pyrrole nitrogens is 1. The third kappa shape index (κ3) is 3.19. The zero-order valence-corrected chi connectivity index (χ0v) is 13.8. The molecule has 0 fully saturated rings. The highest BCUT2D eigenvalue weighted by Crippen LogP contribution is 2.23. The molecule has 1 aromatic heterocycles. The van der Waals surface area contributed by atoms with E-state index >= 15 is 0 Å². The van der Waals surface area contributed by atoms with Gasteiger partial charge in [0.2, 0.25) is 0 Å². The second-order valence-corrected chi connectivity index (χ2v) is 5.83. The van der Waals surface area contributed by atoms with Gasteiger partial charge >= 0.3 is 0 Å². The van der Waals surface area contributed by atoms with Gasteiger partial charge in [0.1, 0.15) is 24.0 Å². The highest BCUT2D eigenvalue weighted by atomic mass is 19.1. The van der Waals surface area contributed by atoms with Gasteiger partial charge in [-0.25, -0.2) is 9.37 Å². The van der Waals surface area contributed by atoms with Crippen LogP contribution in [0.15, 0.2) is 77.6 Å². The number of ether oxygens (including phenoxy) is 1. The number of nitrogens with one attached hydrogen (secondary N) is 1. The van der Waals surface area contributed by atoms with Crippen LogP contribution in [0.2, 0.25) is 0 Å². The van der Waals surface area contributed by atoms with Crippen molar-refractivity contribution < 1.29 is 9.13 Å². The lowest BCUT2D eigenvalue weighted by Crippen LogP contribution is -2.10. The fourth-order valence-corrected chi connectivity index (χ4v) is 2.81. The summed E-state index contributed by atoms with van der Waals surface area (Å²) in [5.74, 6) is 0.572.